The van der Waals surface area contributed by atoms with Crippen LogP contribution in [0.2, 0.25) is 0 Å². The van der Waals surface area contributed by atoms with Crippen molar-refractivity contribution in [2.45, 2.75) is 4.90 Å². The molecule has 11 aromatic rings. The molecule has 0 bridgehead atoms. The van der Waals surface area contributed by atoms with Gasteiger partial charge in [-0.25, -0.2) is 0 Å². The summed E-state index contributed by atoms with van der Waals surface area (Å²) >= 11 is 5.32. The van der Waals surface area contributed by atoms with Gasteiger partial charge >= 0.3 is 0 Å². The highest BCUT2D eigenvalue weighted by Crippen LogP contribution is 2.40. The summed E-state index contributed by atoms with van der Waals surface area (Å²) in [6.07, 6.45) is 0. The number of benzene rings is 10. The van der Waals surface area contributed by atoms with Gasteiger partial charge in [0.25, 0.3) is 0 Å². The highest BCUT2D eigenvalue weighted by molar-refractivity contribution is 7.80. The second kappa shape index (κ2) is 16.2. The zero-order chi connectivity index (χ0) is 43.3. The van der Waals surface area contributed by atoms with Crippen molar-refractivity contribution in [1.29, 1.82) is 0 Å². The van der Waals surface area contributed by atoms with Gasteiger partial charge < -0.3 is 9.30 Å². The molecule has 2 nitrogen and oxygen atoms in total. The zero-order valence-electron chi connectivity index (χ0n) is 35.5. The minimum atomic E-state index is -2.77. The number of para-hydroxylation sites is 4. The Labute approximate surface area is 386 Å². The summed E-state index contributed by atoms with van der Waals surface area (Å²) in [5, 5.41) is 7.83. The number of rotatable bonds is 8. The molecule has 5 heteroatoms. The van der Waals surface area contributed by atoms with Gasteiger partial charge in [0.15, 0.2) is 8.07 Å². The van der Waals surface area contributed by atoms with E-state index in [0.29, 0.717) is 0 Å². The third-order valence-electron chi connectivity index (χ3n) is 13.2. The fourth-order valence-corrected chi connectivity index (χ4v) is 15.4. The third kappa shape index (κ3) is 6.58. The van der Waals surface area contributed by atoms with Gasteiger partial charge in [-0.05, 0) is 102 Å². The standard InChI is InChI=1S/C60H41BNOSSi/c64-59-40-42(48-27-10-14-31-54(48)62-55-32-15-11-28-49(55)50-29-12-16-33-56(50)62)35-36-51(59)52-38-43(39-58-60(52)61-53-30-13-17-34-57(53)63-58)41-19-18-26-47(37-41)65(44-20-4-1-5-21-44,45-22-6-2-7-23-45)46-24-8-3-9-25-46/h1-40,64H. The molecule has 10 aromatic carbocycles. The molecule has 1 aliphatic heterocycles. The van der Waals surface area contributed by atoms with E-state index in [-0.39, 0.29) is 0 Å². The predicted octanol–water partition coefficient (Wildman–Crippen LogP) is 11.2. The summed E-state index contributed by atoms with van der Waals surface area (Å²) in [4.78, 5) is 0.892. The second-order valence-electron chi connectivity index (χ2n) is 16.8. The van der Waals surface area contributed by atoms with E-state index in [9.17, 15) is 0 Å². The maximum absolute atomic E-state index is 6.82. The SMILES string of the molecule is Sc1cc(-c2ccccc2-n2c3ccccc3c3ccccc32)ccc1-c1cc(-c2cccc([Si](c3ccccc3)(c3ccccc3)c3ccccc3)c2)cc2c1[B]c1ccccc1O2. The number of hydrogen-bond donors (Lipinski definition) is 1. The van der Waals surface area contributed by atoms with Crippen molar-refractivity contribution in [3.8, 4) is 50.6 Å². The number of nitrogens with zero attached hydrogens (tertiary/aromatic N) is 1. The van der Waals surface area contributed by atoms with Crippen LogP contribution < -0.4 is 36.4 Å². The Bertz CT molecular complexity index is 3420. The van der Waals surface area contributed by atoms with E-state index < -0.39 is 8.07 Å². The molecule has 305 valence electrons. The molecule has 0 unspecified atom stereocenters. The number of aromatic nitrogens is 1. The van der Waals surface area contributed by atoms with E-state index in [1.54, 1.807) is 0 Å². The van der Waals surface area contributed by atoms with Crippen LogP contribution in [0.5, 0.6) is 11.5 Å². The lowest BCUT2D eigenvalue weighted by molar-refractivity contribution is 0.488. The van der Waals surface area contributed by atoms with Crippen molar-refractivity contribution >= 4 is 81.5 Å². The van der Waals surface area contributed by atoms with Crippen LogP contribution in [-0.2, 0) is 0 Å². The number of thiol groups is 1. The van der Waals surface area contributed by atoms with Gasteiger partial charge in [-0.3, -0.25) is 0 Å². The molecule has 0 saturated heterocycles. The maximum Gasteiger partial charge on any atom is 0.202 e. The molecule has 1 radical (unpaired) electrons. The van der Waals surface area contributed by atoms with E-state index in [0.717, 1.165) is 66.4 Å². The molecule has 0 aliphatic carbocycles. The smallest absolute Gasteiger partial charge is 0.202 e. The van der Waals surface area contributed by atoms with Crippen molar-refractivity contribution in [3.63, 3.8) is 0 Å². The minimum absolute atomic E-state index is 0.827. The molecule has 0 N–H and O–H groups in total. The van der Waals surface area contributed by atoms with Crippen molar-refractivity contribution in [1.82, 2.24) is 4.57 Å². The van der Waals surface area contributed by atoms with E-state index in [2.05, 4.69) is 248 Å². The Morgan fingerprint density at radius 1 is 0.385 bits per heavy atom. The van der Waals surface area contributed by atoms with Crippen LogP contribution in [0.1, 0.15) is 0 Å². The molecule has 0 fully saturated rings. The van der Waals surface area contributed by atoms with Gasteiger partial charge in [0.2, 0.25) is 7.28 Å². The minimum Gasteiger partial charge on any atom is -0.458 e. The first-order valence-electron chi connectivity index (χ1n) is 22.1. The van der Waals surface area contributed by atoms with E-state index in [4.69, 9.17) is 17.4 Å². The molecule has 0 spiro atoms. The van der Waals surface area contributed by atoms with Crippen molar-refractivity contribution < 1.29 is 4.74 Å². The van der Waals surface area contributed by atoms with Gasteiger partial charge in [-0.15, -0.1) is 12.6 Å². The van der Waals surface area contributed by atoms with Crippen LogP contribution in [-0.4, -0.2) is 19.9 Å². The monoisotopic (exact) mass is 862 g/mol. The average Bonchev–Trinajstić information content (AvgIpc) is 3.71. The van der Waals surface area contributed by atoms with Gasteiger partial charge in [0, 0.05) is 21.2 Å². The molecular weight excluding hydrogens is 822 g/mol. The van der Waals surface area contributed by atoms with Crippen LogP contribution >= 0.6 is 12.6 Å². The molecule has 1 aromatic heterocycles. The lowest BCUT2D eigenvalue weighted by Crippen LogP contribution is -2.74. The van der Waals surface area contributed by atoms with Crippen LogP contribution in [0.15, 0.2) is 248 Å². The summed E-state index contributed by atoms with van der Waals surface area (Å²) < 4.78 is 9.21. The lowest BCUT2D eigenvalue weighted by atomic mass is 9.59. The summed E-state index contributed by atoms with van der Waals surface area (Å²) in [5.41, 5.74) is 12.2. The summed E-state index contributed by atoms with van der Waals surface area (Å²) in [6.45, 7) is 0. The first-order valence-corrected chi connectivity index (χ1v) is 24.6. The molecule has 0 saturated carbocycles. The van der Waals surface area contributed by atoms with Crippen molar-refractivity contribution in [2.75, 3.05) is 0 Å². The fraction of sp³-hybridized carbons (Fsp3) is 0. The fourth-order valence-electron chi connectivity index (χ4n) is 10.2. The van der Waals surface area contributed by atoms with Crippen molar-refractivity contribution in [3.05, 3.63) is 243 Å². The van der Waals surface area contributed by atoms with Crippen LogP contribution in [0, 0.1) is 0 Å². The Morgan fingerprint density at radius 2 is 0.954 bits per heavy atom. The van der Waals surface area contributed by atoms with Crippen LogP contribution in [0.4, 0.5) is 0 Å². The highest BCUT2D eigenvalue weighted by Gasteiger charge is 2.41. The second-order valence-corrected chi connectivity index (χ2v) is 21.1. The Morgan fingerprint density at radius 3 is 1.62 bits per heavy atom. The van der Waals surface area contributed by atoms with Crippen LogP contribution in [0.3, 0.4) is 0 Å². The van der Waals surface area contributed by atoms with E-state index in [1.165, 1.54) is 42.6 Å². The Hall–Kier alpha value is -7.57. The lowest BCUT2D eigenvalue weighted by Gasteiger charge is -2.34. The maximum atomic E-state index is 6.82. The quantitative estimate of drug-likeness (QED) is 0.0913. The van der Waals surface area contributed by atoms with Gasteiger partial charge in [0.05, 0.1) is 16.7 Å². The van der Waals surface area contributed by atoms with Crippen molar-refractivity contribution in [2.24, 2.45) is 0 Å². The van der Waals surface area contributed by atoms with E-state index in [1.807, 2.05) is 6.07 Å². The molecule has 12 rings (SSSR count). The highest BCUT2D eigenvalue weighted by atomic mass is 32.1. The largest absolute Gasteiger partial charge is 0.458 e. The topological polar surface area (TPSA) is 14.2 Å². The van der Waals surface area contributed by atoms with Gasteiger partial charge in [-0.1, -0.05) is 200 Å². The first-order chi connectivity index (χ1) is 32.1. The average molecular weight is 863 g/mol. The summed E-state index contributed by atoms with van der Waals surface area (Å²) in [7, 11) is -0.508. The predicted molar refractivity (Wildman–Crippen MR) is 279 cm³/mol. The molecular formula is C60H41BNOSSi. The van der Waals surface area contributed by atoms with Gasteiger partial charge in [-0.2, -0.15) is 0 Å². The van der Waals surface area contributed by atoms with E-state index >= 15 is 0 Å². The molecule has 2 heterocycles. The molecule has 0 atom stereocenters. The number of fused-ring (bicyclic) bond motifs is 5. The third-order valence-corrected chi connectivity index (χ3v) is 18.3. The zero-order valence-corrected chi connectivity index (χ0v) is 37.4. The normalized spacial score (nSPS) is 12.0. The first kappa shape index (κ1) is 39.1. The van der Waals surface area contributed by atoms with Crippen LogP contribution in [0.25, 0.3) is 60.9 Å². The molecule has 0 amide bonds. The molecule has 1 aliphatic rings. The van der Waals surface area contributed by atoms with Gasteiger partial charge in [0.1, 0.15) is 11.5 Å². The summed E-state index contributed by atoms with van der Waals surface area (Å²) in [5.74, 6) is 1.68. The number of ether oxygens (including phenoxy) is 1. The Balaban J connectivity index is 1.03. The Kier molecular flexibility index (Phi) is 9.74. The summed E-state index contributed by atoms with van der Waals surface area (Å²) in [6, 6.07) is 88.2. The number of hydrogen-bond acceptors (Lipinski definition) is 2. The molecule has 65 heavy (non-hydrogen) atoms.